The van der Waals surface area contributed by atoms with Gasteiger partial charge in [0.25, 0.3) is 5.89 Å². The van der Waals surface area contributed by atoms with Gasteiger partial charge in [-0.15, -0.1) is 13.2 Å². The Kier molecular flexibility index (Phi) is 5.64. The van der Waals surface area contributed by atoms with Crippen LogP contribution < -0.4 is 4.74 Å². The number of rotatable bonds is 5. The van der Waals surface area contributed by atoms with Crippen LogP contribution in [0.5, 0.6) is 5.75 Å². The summed E-state index contributed by atoms with van der Waals surface area (Å²) in [4.78, 5) is 18.4. The molecule has 1 saturated heterocycles. The molecule has 2 heterocycles. The number of benzene rings is 1. The lowest BCUT2D eigenvalue weighted by Gasteiger charge is -2.33. The van der Waals surface area contributed by atoms with Gasteiger partial charge in [-0.25, -0.2) is 0 Å². The molecule has 1 unspecified atom stereocenters. The smallest absolute Gasteiger partial charge is 0.406 e. The van der Waals surface area contributed by atoms with Gasteiger partial charge in [0.15, 0.2) is 5.82 Å². The quantitative estimate of drug-likeness (QED) is 0.788. The van der Waals surface area contributed by atoms with Gasteiger partial charge in [-0.2, -0.15) is 4.98 Å². The third-order valence-corrected chi connectivity index (χ3v) is 4.08. The Hall–Kier alpha value is -2.62. The molecule has 0 radical (unpaired) electrons. The van der Waals surface area contributed by atoms with Crippen molar-refractivity contribution in [2.75, 3.05) is 19.8 Å². The Morgan fingerprint density at radius 2 is 2.15 bits per heavy atom. The lowest BCUT2D eigenvalue weighted by Crippen LogP contribution is -2.43. The van der Waals surface area contributed by atoms with Crippen LogP contribution in [-0.2, 0) is 16.0 Å². The molecule has 1 aromatic carbocycles. The highest BCUT2D eigenvalue weighted by Crippen LogP contribution is 2.28. The van der Waals surface area contributed by atoms with E-state index < -0.39 is 12.4 Å². The molecule has 10 heteroatoms. The molecule has 1 amide bonds. The van der Waals surface area contributed by atoms with Crippen molar-refractivity contribution < 1.29 is 32.0 Å². The number of para-hydroxylation sites is 1. The fourth-order valence-electron chi connectivity index (χ4n) is 2.88. The van der Waals surface area contributed by atoms with Crippen LogP contribution in [0.25, 0.3) is 0 Å². The molecule has 1 fully saturated rings. The third kappa shape index (κ3) is 4.97. The summed E-state index contributed by atoms with van der Waals surface area (Å²) in [5.41, 5.74) is 0.307. The number of nitrogens with zero attached hydrogens (tertiary/aromatic N) is 3. The van der Waals surface area contributed by atoms with Crippen LogP contribution in [0, 0.1) is 6.92 Å². The Balaban J connectivity index is 1.68. The van der Waals surface area contributed by atoms with Gasteiger partial charge in [0.05, 0.1) is 13.2 Å². The van der Waals surface area contributed by atoms with Crippen LogP contribution in [0.4, 0.5) is 13.2 Å². The lowest BCUT2D eigenvalue weighted by atomic mass is 10.1. The predicted octanol–water partition coefficient (Wildman–Crippen LogP) is 2.81. The minimum absolute atomic E-state index is 0.0157. The largest absolute Gasteiger partial charge is 0.573 e. The van der Waals surface area contributed by atoms with Crippen LogP contribution in [0.1, 0.15) is 29.7 Å². The van der Waals surface area contributed by atoms with Crippen molar-refractivity contribution in [1.29, 1.82) is 0 Å². The normalized spacial score (nSPS) is 17.8. The summed E-state index contributed by atoms with van der Waals surface area (Å²) in [6, 6.07) is 5.27. The number of morpholine rings is 1. The van der Waals surface area contributed by atoms with E-state index in [9.17, 15) is 18.0 Å². The number of amides is 1. The number of ether oxygens (including phenoxy) is 2. The molecule has 1 aromatic heterocycles. The van der Waals surface area contributed by atoms with Crippen LogP contribution in [0.2, 0.25) is 0 Å². The first-order valence-corrected chi connectivity index (χ1v) is 8.34. The number of carbonyl (C=O) groups excluding carboxylic acids is 1. The van der Waals surface area contributed by atoms with Gasteiger partial charge >= 0.3 is 6.36 Å². The van der Waals surface area contributed by atoms with E-state index in [0.717, 1.165) is 0 Å². The highest BCUT2D eigenvalue weighted by Gasteiger charge is 2.34. The van der Waals surface area contributed by atoms with Crippen LogP contribution in [-0.4, -0.2) is 47.1 Å². The molecule has 0 saturated carbocycles. The Morgan fingerprint density at radius 3 is 2.85 bits per heavy atom. The van der Waals surface area contributed by atoms with Crippen LogP contribution in [0.3, 0.4) is 0 Å². The average Bonchev–Trinajstić information content (AvgIpc) is 3.06. The van der Waals surface area contributed by atoms with Gasteiger partial charge in [0, 0.05) is 13.0 Å². The van der Waals surface area contributed by atoms with E-state index in [2.05, 4.69) is 14.9 Å². The van der Waals surface area contributed by atoms with E-state index in [1.54, 1.807) is 17.9 Å². The summed E-state index contributed by atoms with van der Waals surface area (Å²) < 4.78 is 52.1. The van der Waals surface area contributed by atoms with Crippen molar-refractivity contribution in [3.63, 3.8) is 0 Å². The number of aryl methyl sites for hydroxylation is 2. The van der Waals surface area contributed by atoms with E-state index in [4.69, 9.17) is 9.26 Å². The second-order valence-corrected chi connectivity index (χ2v) is 6.01. The molecule has 0 spiro atoms. The molecule has 0 aliphatic carbocycles. The second-order valence-electron chi connectivity index (χ2n) is 6.01. The highest BCUT2D eigenvalue weighted by molar-refractivity contribution is 5.77. The minimum atomic E-state index is -4.79. The molecule has 1 aliphatic rings. The summed E-state index contributed by atoms with van der Waals surface area (Å²) in [6.07, 6.45) is -4.66. The number of hydrogen-bond acceptors (Lipinski definition) is 6. The molecule has 0 bridgehead atoms. The minimum Gasteiger partial charge on any atom is -0.406 e. The molecule has 1 aliphatic heterocycles. The van der Waals surface area contributed by atoms with Gasteiger partial charge in [-0.05, 0) is 25.0 Å². The molecule has 146 valence electrons. The number of alkyl halides is 3. The zero-order chi connectivity index (χ0) is 19.4. The molecular weight excluding hydrogens is 367 g/mol. The van der Waals surface area contributed by atoms with E-state index in [1.807, 2.05) is 0 Å². The topological polar surface area (TPSA) is 77.7 Å². The molecule has 2 aromatic rings. The Morgan fingerprint density at radius 1 is 1.37 bits per heavy atom. The molecule has 7 nitrogen and oxygen atoms in total. The summed E-state index contributed by atoms with van der Waals surface area (Å²) in [6.45, 7) is 2.59. The zero-order valence-corrected chi connectivity index (χ0v) is 14.5. The maximum Gasteiger partial charge on any atom is 0.573 e. The standard InChI is InChI=1S/C17H18F3N3O4/c1-11-21-16(27-22-11)13-10-25-9-8-23(13)15(24)7-6-12-4-2-3-5-14(12)26-17(18,19)20/h2-5,13H,6-10H2,1H3. The summed E-state index contributed by atoms with van der Waals surface area (Å²) in [5, 5.41) is 3.72. The van der Waals surface area contributed by atoms with Crippen LogP contribution >= 0.6 is 0 Å². The fraction of sp³-hybridized carbons (Fsp3) is 0.471. The number of aromatic nitrogens is 2. The van der Waals surface area contributed by atoms with Crippen molar-refractivity contribution >= 4 is 5.91 Å². The first-order valence-electron chi connectivity index (χ1n) is 8.34. The predicted molar refractivity (Wildman–Crippen MR) is 85.8 cm³/mol. The van der Waals surface area contributed by atoms with Crippen molar-refractivity contribution in [1.82, 2.24) is 15.0 Å². The average molecular weight is 385 g/mol. The third-order valence-electron chi connectivity index (χ3n) is 4.08. The molecular formula is C17H18F3N3O4. The zero-order valence-electron chi connectivity index (χ0n) is 14.5. The molecule has 3 rings (SSSR count). The van der Waals surface area contributed by atoms with E-state index in [1.165, 1.54) is 18.2 Å². The highest BCUT2D eigenvalue weighted by atomic mass is 19.4. The van der Waals surface area contributed by atoms with Gasteiger partial charge in [0.2, 0.25) is 5.91 Å². The molecule has 1 atom stereocenters. The summed E-state index contributed by atoms with van der Waals surface area (Å²) >= 11 is 0. The number of halogens is 3. The van der Waals surface area contributed by atoms with Gasteiger partial charge < -0.3 is 18.9 Å². The fourth-order valence-corrected chi connectivity index (χ4v) is 2.88. The Labute approximate surface area is 153 Å². The maximum atomic E-state index is 12.7. The number of carbonyl (C=O) groups is 1. The second kappa shape index (κ2) is 7.95. The van der Waals surface area contributed by atoms with Crippen molar-refractivity contribution in [2.24, 2.45) is 0 Å². The lowest BCUT2D eigenvalue weighted by molar-refractivity contribution is -0.274. The van der Waals surface area contributed by atoms with Crippen molar-refractivity contribution in [3.8, 4) is 5.75 Å². The summed E-state index contributed by atoms with van der Waals surface area (Å²) in [7, 11) is 0. The monoisotopic (exact) mass is 385 g/mol. The van der Waals surface area contributed by atoms with Crippen LogP contribution in [0.15, 0.2) is 28.8 Å². The van der Waals surface area contributed by atoms with E-state index >= 15 is 0 Å². The number of hydrogen-bond donors (Lipinski definition) is 0. The summed E-state index contributed by atoms with van der Waals surface area (Å²) in [5.74, 6) is 0.187. The van der Waals surface area contributed by atoms with E-state index in [0.29, 0.717) is 24.5 Å². The maximum absolute atomic E-state index is 12.7. The molecule has 0 N–H and O–H groups in total. The van der Waals surface area contributed by atoms with Crippen molar-refractivity contribution in [2.45, 2.75) is 32.2 Å². The van der Waals surface area contributed by atoms with Gasteiger partial charge in [0.1, 0.15) is 11.8 Å². The molecule has 27 heavy (non-hydrogen) atoms. The van der Waals surface area contributed by atoms with E-state index in [-0.39, 0.29) is 37.0 Å². The first-order chi connectivity index (χ1) is 12.8. The van der Waals surface area contributed by atoms with Gasteiger partial charge in [-0.3, -0.25) is 4.79 Å². The van der Waals surface area contributed by atoms with Crippen molar-refractivity contribution in [3.05, 3.63) is 41.5 Å². The van der Waals surface area contributed by atoms with Gasteiger partial charge in [-0.1, -0.05) is 23.4 Å². The SMILES string of the molecule is Cc1noc(C2COCCN2C(=O)CCc2ccccc2OC(F)(F)F)n1. The first kappa shape index (κ1) is 19.2. The Bertz CT molecular complexity index is 794.